The smallest absolute Gasteiger partial charge is 0.341 e. The second kappa shape index (κ2) is 5.56. The molecule has 6 heteroatoms. The van der Waals surface area contributed by atoms with E-state index in [4.69, 9.17) is 9.84 Å². The molecule has 104 valence electrons. The Kier molecular flexibility index (Phi) is 3.84. The monoisotopic (exact) mass is 277 g/mol. The number of aromatic carboxylic acids is 1. The molecule has 1 aromatic heterocycles. The molecule has 1 aromatic carbocycles. The minimum absolute atomic E-state index is 0.203. The zero-order valence-electron chi connectivity index (χ0n) is 10.7. The Morgan fingerprint density at radius 1 is 1.25 bits per heavy atom. The minimum Gasteiger partial charge on any atom is -0.479 e. The molecule has 0 bridgehead atoms. The van der Waals surface area contributed by atoms with Crippen molar-refractivity contribution in [1.82, 2.24) is 4.57 Å². The Morgan fingerprint density at radius 2 is 1.90 bits per heavy atom. The lowest BCUT2D eigenvalue weighted by Crippen LogP contribution is -2.26. The number of hydrogen-bond acceptors (Lipinski definition) is 3. The van der Waals surface area contributed by atoms with Crippen LogP contribution in [0.2, 0.25) is 0 Å². The van der Waals surface area contributed by atoms with Crippen LogP contribution in [0, 0.1) is 5.82 Å². The second-order valence-corrected chi connectivity index (χ2v) is 3.94. The van der Waals surface area contributed by atoms with Crippen molar-refractivity contribution >= 4 is 5.97 Å². The van der Waals surface area contributed by atoms with Gasteiger partial charge in [-0.2, -0.15) is 0 Å². The molecule has 20 heavy (non-hydrogen) atoms. The van der Waals surface area contributed by atoms with Crippen molar-refractivity contribution < 1.29 is 19.0 Å². The van der Waals surface area contributed by atoms with E-state index < -0.39 is 17.3 Å². The Balaban J connectivity index is 2.69. The van der Waals surface area contributed by atoms with Crippen LogP contribution in [0.1, 0.15) is 17.3 Å². The summed E-state index contributed by atoms with van der Waals surface area (Å²) in [6.45, 7) is 2.05. The Hall–Kier alpha value is -2.63. The number of ether oxygens (including phenoxy) is 1. The number of pyridine rings is 1. The van der Waals surface area contributed by atoms with Crippen LogP contribution in [0.4, 0.5) is 4.39 Å². The van der Waals surface area contributed by atoms with Gasteiger partial charge in [0.05, 0.1) is 12.3 Å². The van der Waals surface area contributed by atoms with Crippen molar-refractivity contribution in [2.75, 3.05) is 6.61 Å². The van der Waals surface area contributed by atoms with Gasteiger partial charge in [-0.3, -0.25) is 4.79 Å². The maximum absolute atomic E-state index is 12.9. The summed E-state index contributed by atoms with van der Waals surface area (Å²) in [6.07, 6.45) is 0. The Morgan fingerprint density at radius 3 is 2.45 bits per heavy atom. The number of carboxylic acid groups (broad SMARTS) is 1. The van der Waals surface area contributed by atoms with E-state index in [2.05, 4.69) is 0 Å². The molecular weight excluding hydrogens is 265 g/mol. The van der Waals surface area contributed by atoms with Crippen molar-refractivity contribution in [3.63, 3.8) is 0 Å². The van der Waals surface area contributed by atoms with Crippen LogP contribution in [0.5, 0.6) is 5.88 Å². The number of nitrogens with zero attached hydrogens (tertiary/aromatic N) is 1. The third-order valence-corrected chi connectivity index (χ3v) is 2.65. The molecule has 0 spiro atoms. The normalized spacial score (nSPS) is 10.3. The van der Waals surface area contributed by atoms with Gasteiger partial charge in [0.15, 0.2) is 0 Å². The molecule has 1 N–H and O–H groups in total. The van der Waals surface area contributed by atoms with Crippen molar-refractivity contribution in [1.29, 1.82) is 0 Å². The van der Waals surface area contributed by atoms with E-state index >= 15 is 0 Å². The topological polar surface area (TPSA) is 68.5 Å². The molecule has 0 aliphatic carbocycles. The molecule has 0 radical (unpaired) electrons. The van der Waals surface area contributed by atoms with Crippen LogP contribution >= 0.6 is 0 Å². The maximum atomic E-state index is 12.9. The van der Waals surface area contributed by atoms with Gasteiger partial charge >= 0.3 is 5.97 Å². The number of hydrogen-bond donors (Lipinski definition) is 1. The Labute approximate surface area is 113 Å². The van der Waals surface area contributed by atoms with Crippen LogP contribution in [-0.4, -0.2) is 22.2 Å². The van der Waals surface area contributed by atoms with E-state index in [-0.39, 0.29) is 11.4 Å². The molecule has 0 fully saturated rings. The predicted molar refractivity (Wildman–Crippen MR) is 70.1 cm³/mol. The number of halogens is 1. The first-order valence-corrected chi connectivity index (χ1v) is 5.92. The molecule has 0 atom stereocenters. The molecule has 2 aromatic rings. The molecule has 0 saturated carbocycles. The van der Waals surface area contributed by atoms with Gasteiger partial charge in [0.25, 0.3) is 5.56 Å². The van der Waals surface area contributed by atoms with Crippen LogP contribution < -0.4 is 10.3 Å². The molecule has 1 heterocycles. The van der Waals surface area contributed by atoms with E-state index in [1.165, 1.54) is 36.4 Å². The first-order valence-electron chi connectivity index (χ1n) is 5.92. The quantitative estimate of drug-likeness (QED) is 0.929. The molecule has 0 amide bonds. The van der Waals surface area contributed by atoms with Crippen LogP contribution in [0.15, 0.2) is 41.2 Å². The summed E-state index contributed by atoms with van der Waals surface area (Å²) in [7, 11) is 0. The fraction of sp³-hybridized carbons (Fsp3) is 0.143. The lowest BCUT2D eigenvalue weighted by Gasteiger charge is -2.13. The van der Waals surface area contributed by atoms with Crippen LogP contribution in [0.3, 0.4) is 0 Å². The predicted octanol–water partition coefficient (Wildman–Crippen LogP) is 2.07. The highest BCUT2D eigenvalue weighted by Gasteiger charge is 2.16. The van der Waals surface area contributed by atoms with Gasteiger partial charge in [-0.15, -0.1) is 0 Å². The van der Waals surface area contributed by atoms with Crippen molar-refractivity contribution in [3.8, 4) is 11.6 Å². The van der Waals surface area contributed by atoms with Crippen LogP contribution in [-0.2, 0) is 0 Å². The molecule has 0 saturated heterocycles. The van der Waals surface area contributed by atoms with E-state index in [9.17, 15) is 14.0 Å². The van der Waals surface area contributed by atoms with Gasteiger partial charge in [0, 0.05) is 0 Å². The van der Waals surface area contributed by atoms with Gasteiger partial charge in [-0.05, 0) is 43.3 Å². The van der Waals surface area contributed by atoms with Gasteiger partial charge in [-0.1, -0.05) is 0 Å². The average Bonchev–Trinajstić information content (AvgIpc) is 2.40. The average molecular weight is 277 g/mol. The SMILES string of the molecule is CCOc1ccc(C(=O)O)c(=O)n1-c1ccc(F)cc1. The van der Waals surface area contributed by atoms with Gasteiger partial charge in [0.1, 0.15) is 11.4 Å². The summed E-state index contributed by atoms with van der Waals surface area (Å²) in [5, 5.41) is 8.99. The van der Waals surface area contributed by atoms with E-state index in [1.807, 2.05) is 0 Å². The summed E-state index contributed by atoms with van der Waals surface area (Å²) < 4.78 is 19.4. The second-order valence-electron chi connectivity index (χ2n) is 3.94. The zero-order chi connectivity index (χ0) is 14.7. The summed E-state index contributed by atoms with van der Waals surface area (Å²) >= 11 is 0. The van der Waals surface area contributed by atoms with Crippen LogP contribution in [0.25, 0.3) is 5.69 Å². The molecule has 0 aliphatic rings. The fourth-order valence-electron chi connectivity index (χ4n) is 1.78. The molecule has 0 aliphatic heterocycles. The summed E-state index contributed by atoms with van der Waals surface area (Å²) in [5.74, 6) is -1.57. The maximum Gasteiger partial charge on any atom is 0.341 e. The number of aromatic nitrogens is 1. The van der Waals surface area contributed by atoms with Crippen molar-refractivity contribution in [3.05, 3.63) is 58.1 Å². The van der Waals surface area contributed by atoms with E-state index in [1.54, 1.807) is 6.92 Å². The van der Waals surface area contributed by atoms with E-state index in [0.29, 0.717) is 12.3 Å². The summed E-state index contributed by atoms with van der Waals surface area (Å²) in [6, 6.07) is 7.72. The number of rotatable bonds is 4. The molecule has 0 unspecified atom stereocenters. The third kappa shape index (κ3) is 2.54. The standard InChI is InChI=1S/C14H12FNO4/c1-2-20-12-8-7-11(14(18)19)13(17)16(12)10-5-3-9(15)4-6-10/h3-8H,2H2,1H3,(H,18,19). The number of carbonyl (C=O) groups is 1. The fourth-order valence-corrected chi connectivity index (χ4v) is 1.78. The largest absolute Gasteiger partial charge is 0.479 e. The molecular formula is C14H12FNO4. The zero-order valence-corrected chi connectivity index (χ0v) is 10.7. The van der Waals surface area contributed by atoms with Crippen molar-refractivity contribution in [2.24, 2.45) is 0 Å². The number of benzene rings is 1. The first kappa shape index (κ1) is 13.8. The lowest BCUT2D eigenvalue weighted by atomic mass is 10.2. The minimum atomic E-state index is -1.33. The lowest BCUT2D eigenvalue weighted by molar-refractivity contribution is 0.0694. The van der Waals surface area contributed by atoms with E-state index in [0.717, 1.165) is 4.57 Å². The van der Waals surface area contributed by atoms with Crippen molar-refractivity contribution in [2.45, 2.75) is 6.92 Å². The highest BCUT2D eigenvalue weighted by Crippen LogP contribution is 2.17. The molecule has 5 nitrogen and oxygen atoms in total. The first-order chi connectivity index (χ1) is 9.54. The third-order valence-electron chi connectivity index (χ3n) is 2.65. The Bertz CT molecular complexity index is 691. The summed E-state index contributed by atoms with van der Waals surface area (Å²) in [5.41, 5.74) is -0.768. The summed E-state index contributed by atoms with van der Waals surface area (Å²) in [4.78, 5) is 23.2. The van der Waals surface area contributed by atoms with Gasteiger partial charge in [-0.25, -0.2) is 13.8 Å². The van der Waals surface area contributed by atoms with Gasteiger partial charge in [0.2, 0.25) is 5.88 Å². The molecule has 2 rings (SSSR count). The highest BCUT2D eigenvalue weighted by molar-refractivity contribution is 5.87. The van der Waals surface area contributed by atoms with Gasteiger partial charge < -0.3 is 9.84 Å². The number of carboxylic acids is 1. The highest BCUT2D eigenvalue weighted by atomic mass is 19.1.